The van der Waals surface area contributed by atoms with Gasteiger partial charge in [-0.15, -0.1) is 0 Å². The molecule has 0 saturated carbocycles. The van der Waals surface area contributed by atoms with E-state index in [1.807, 2.05) is 18.2 Å². The molecule has 1 aromatic carbocycles. The number of carboxylic acids is 1. The summed E-state index contributed by atoms with van der Waals surface area (Å²) in [6, 6.07) is 5.87. The second kappa shape index (κ2) is 12.1. The third kappa shape index (κ3) is 8.56. The third-order valence-corrected chi connectivity index (χ3v) is 5.59. The Kier molecular flexibility index (Phi) is 9.89. The average molecular weight is 461 g/mol. The maximum absolute atomic E-state index is 12.1. The predicted molar refractivity (Wildman–Crippen MR) is 108 cm³/mol. The fraction of sp³-hybridized carbons (Fsp3) is 0.579. The van der Waals surface area contributed by atoms with E-state index in [9.17, 15) is 19.0 Å². The van der Waals surface area contributed by atoms with Crippen molar-refractivity contribution in [1.82, 2.24) is 0 Å². The molecule has 1 aliphatic heterocycles. The molecule has 2 rings (SSSR count). The van der Waals surface area contributed by atoms with Crippen LogP contribution in [-0.4, -0.2) is 67.1 Å². The monoisotopic (exact) mass is 461 g/mol. The number of nitrogens with two attached hydrogens (primary N) is 1. The van der Waals surface area contributed by atoms with Gasteiger partial charge in [0.15, 0.2) is 0 Å². The smallest absolute Gasteiger partial charge is 0.472 e. The maximum Gasteiger partial charge on any atom is 0.472 e. The van der Waals surface area contributed by atoms with E-state index in [0.717, 1.165) is 5.56 Å². The first kappa shape index (κ1) is 25.3. The van der Waals surface area contributed by atoms with Crippen LogP contribution in [0.3, 0.4) is 0 Å². The number of rotatable bonds is 12. The van der Waals surface area contributed by atoms with Gasteiger partial charge < -0.3 is 29.9 Å². The average Bonchev–Trinajstić information content (AvgIpc) is 2.75. The van der Waals surface area contributed by atoms with Crippen LogP contribution in [0.1, 0.15) is 24.8 Å². The molecule has 1 fully saturated rings. The first-order valence-electron chi connectivity index (χ1n) is 9.75. The Balaban J connectivity index is 1.83. The van der Waals surface area contributed by atoms with E-state index < -0.39 is 44.6 Å². The van der Waals surface area contributed by atoms with E-state index >= 15 is 0 Å². The van der Waals surface area contributed by atoms with Crippen molar-refractivity contribution in [2.75, 3.05) is 26.9 Å². The van der Waals surface area contributed by atoms with Crippen LogP contribution in [0, 0.1) is 0 Å². The number of methoxy groups -OCH3 is 1. The Morgan fingerprint density at radius 1 is 1.35 bits per heavy atom. The number of carbonyl (C=O) groups excluding carboxylic acids is 1. The molecular weight excluding hydrogens is 433 g/mol. The number of esters is 1. The van der Waals surface area contributed by atoms with E-state index in [0.29, 0.717) is 31.6 Å². The largest absolute Gasteiger partial charge is 0.496 e. The van der Waals surface area contributed by atoms with E-state index in [1.54, 1.807) is 13.2 Å². The van der Waals surface area contributed by atoms with Crippen LogP contribution >= 0.6 is 7.82 Å². The van der Waals surface area contributed by atoms with Gasteiger partial charge in [-0.3, -0.25) is 18.6 Å². The molecule has 174 valence electrons. The fourth-order valence-corrected chi connectivity index (χ4v) is 3.92. The molecule has 1 aliphatic rings. The summed E-state index contributed by atoms with van der Waals surface area (Å²) in [6.45, 7) is -0.479. The summed E-state index contributed by atoms with van der Waals surface area (Å²) < 4.78 is 37.9. The number of para-hydroxylation sites is 1. The highest BCUT2D eigenvalue weighted by atomic mass is 31.2. The summed E-state index contributed by atoms with van der Waals surface area (Å²) >= 11 is 0. The predicted octanol–water partition coefficient (Wildman–Crippen LogP) is 1.26. The number of ether oxygens (including phenoxy) is 3. The molecule has 0 radical (unpaired) electrons. The minimum atomic E-state index is -4.58. The first-order valence-corrected chi connectivity index (χ1v) is 11.2. The minimum Gasteiger partial charge on any atom is -0.496 e. The number of hydrogen-bond acceptors (Lipinski definition) is 9. The van der Waals surface area contributed by atoms with Crippen molar-refractivity contribution in [2.24, 2.45) is 5.73 Å². The van der Waals surface area contributed by atoms with Gasteiger partial charge in [0.2, 0.25) is 0 Å². The normalized spacial score (nSPS) is 21.6. The SMILES string of the molecule is COc1ccccc1CCC(=O)OC[C@H]1OCCC[C@@H]1OP(=O)(O)OC[C@H](N)C(=O)O. The van der Waals surface area contributed by atoms with Gasteiger partial charge in [-0.25, -0.2) is 4.57 Å². The number of carbonyl (C=O) groups is 2. The zero-order chi connectivity index (χ0) is 22.9. The quantitative estimate of drug-likeness (QED) is 0.303. The zero-order valence-electron chi connectivity index (χ0n) is 17.2. The molecular formula is C19H28NO10P. The molecule has 4 atom stereocenters. The van der Waals surface area contributed by atoms with Crippen molar-refractivity contribution < 1.29 is 47.4 Å². The summed E-state index contributed by atoms with van der Waals surface area (Å²) in [5, 5.41) is 8.72. The molecule has 1 heterocycles. The van der Waals surface area contributed by atoms with Crippen LogP contribution in [0.4, 0.5) is 0 Å². The highest BCUT2D eigenvalue weighted by molar-refractivity contribution is 7.47. The standard InChI is InChI=1S/C19H28NO10P/c1-26-15-6-3-2-5-13(15)8-9-18(21)28-12-17-16(7-4-10-27-17)30-31(24,25)29-11-14(20)19(22)23/h2-3,5-6,14,16-17H,4,7-12,20H2,1H3,(H,22,23)(H,24,25)/t14-,16-,17+/m0/s1. The molecule has 1 unspecified atom stereocenters. The number of phosphoric ester groups is 1. The fourth-order valence-electron chi connectivity index (χ4n) is 2.93. The highest BCUT2D eigenvalue weighted by Gasteiger charge is 2.36. The Labute approximate surface area is 180 Å². The minimum absolute atomic E-state index is 0.118. The van der Waals surface area contributed by atoms with Crippen LogP contribution in [0.15, 0.2) is 24.3 Å². The number of benzene rings is 1. The van der Waals surface area contributed by atoms with Crippen LogP contribution < -0.4 is 10.5 Å². The lowest BCUT2D eigenvalue weighted by molar-refractivity contribution is -0.154. The van der Waals surface area contributed by atoms with Crippen molar-refractivity contribution >= 4 is 19.8 Å². The van der Waals surface area contributed by atoms with Gasteiger partial charge in [-0.05, 0) is 30.9 Å². The van der Waals surface area contributed by atoms with Crippen molar-refractivity contribution in [2.45, 2.75) is 43.9 Å². The van der Waals surface area contributed by atoms with Gasteiger partial charge in [-0.2, -0.15) is 0 Å². The second-order valence-corrected chi connectivity index (χ2v) is 8.31. The van der Waals surface area contributed by atoms with Crippen molar-refractivity contribution in [3.8, 4) is 5.75 Å². The number of phosphoric acid groups is 1. The molecule has 0 aromatic heterocycles. The summed E-state index contributed by atoms with van der Waals surface area (Å²) in [5.41, 5.74) is 6.12. The van der Waals surface area contributed by atoms with E-state index in [4.69, 9.17) is 29.6 Å². The zero-order valence-corrected chi connectivity index (χ0v) is 18.1. The van der Waals surface area contributed by atoms with E-state index in [-0.39, 0.29) is 13.0 Å². The van der Waals surface area contributed by atoms with Crippen molar-refractivity contribution in [1.29, 1.82) is 0 Å². The summed E-state index contributed by atoms with van der Waals surface area (Å²) in [5.74, 6) is -1.16. The van der Waals surface area contributed by atoms with Gasteiger partial charge in [-0.1, -0.05) is 18.2 Å². The van der Waals surface area contributed by atoms with Crippen molar-refractivity contribution in [3.63, 3.8) is 0 Å². The van der Waals surface area contributed by atoms with Gasteiger partial charge in [0.25, 0.3) is 0 Å². The molecule has 1 aromatic rings. The number of hydrogen-bond donors (Lipinski definition) is 3. The van der Waals surface area contributed by atoms with Gasteiger partial charge in [0.05, 0.1) is 19.8 Å². The van der Waals surface area contributed by atoms with Crippen LogP contribution in [0.25, 0.3) is 0 Å². The maximum atomic E-state index is 12.1. The van der Waals surface area contributed by atoms with Gasteiger partial charge in [0, 0.05) is 13.0 Å². The Hall–Kier alpha value is -2.01. The Bertz CT molecular complexity index is 789. The van der Waals surface area contributed by atoms with E-state index in [2.05, 4.69) is 4.52 Å². The topological polar surface area (TPSA) is 164 Å². The summed E-state index contributed by atoms with van der Waals surface area (Å²) in [6.07, 6.45) is -0.140. The van der Waals surface area contributed by atoms with Crippen LogP contribution in [-0.2, 0) is 39.1 Å². The number of aryl methyl sites for hydroxylation is 1. The Morgan fingerprint density at radius 2 is 2.10 bits per heavy atom. The lowest BCUT2D eigenvalue weighted by Crippen LogP contribution is -2.40. The number of carboxylic acid groups (broad SMARTS) is 1. The van der Waals surface area contributed by atoms with Gasteiger partial charge in [0.1, 0.15) is 24.5 Å². The molecule has 0 spiro atoms. The molecule has 0 aliphatic carbocycles. The molecule has 4 N–H and O–H groups in total. The van der Waals surface area contributed by atoms with Gasteiger partial charge >= 0.3 is 19.8 Å². The molecule has 11 nitrogen and oxygen atoms in total. The number of aliphatic carboxylic acids is 1. The second-order valence-electron chi connectivity index (χ2n) is 6.90. The molecule has 31 heavy (non-hydrogen) atoms. The lowest BCUT2D eigenvalue weighted by Gasteiger charge is -2.32. The summed E-state index contributed by atoms with van der Waals surface area (Å²) in [7, 11) is -3.03. The Morgan fingerprint density at radius 3 is 2.81 bits per heavy atom. The van der Waals surface area contributed by atoms with E-state index in [1.165, 1.54) is 0 Å². The van der Waals surface area contributed by atoms with Crippen molar-refractivity contribution in [3.05, 3.63) is 29.8 Å². The molecule has 12 heteroatoms. The lowest BCUT2D eigenvalue weighted by atomic mass is 10.1. The third-order valence-electron chi connectivity index (χ3n) is 4.58. The first-order chi connectivity index (χ1) is 14.7. The summed E-state index contributed by atoms with van der Waals surface area (Å²) in [4.78, 5) is 32.7. The molecule has 0 bridgehead atoms. The highest BCUT2D eigenvalue weighted by Crippen LogP contribution is 2.46. The van der Waals surface area contributed by atoms with Crippen LogP contribution in [0.5, 0.6) is 5.75 Å². The molecule has 0 amide bonds. The van der Waals surface area contributed by atoms with Crippen LogP contribution in [0.2, 0.25) is 0 Å². The molecule has 1 saturated heterocycles.